The van der Waals surface area contributed by atoms with E-state index in [1.54, 1.807) is 19.3 Å². The van der Waals surface area contributed by atoms with Gasteiger partial charge in [0.25, 0.3) is 0 Å². The maximum atomic E-state index is 12.0. The summed E-state index contributed by atoms with van der Waals surface area (Å²) in [5.74, 6) is -0.583. The Hall–Kier alpha value is -2.30. The fraction of sp³-hybridized carbons (Fsp3) is 0.412. The van der Waals surface area contributed by atoms with Crippen LogP contribution in [0.1, 0.15) is 38.2 Å². The largest absolute Gasteiger partial charge is 0.497 e. The lowest BCUT2D eigenvalue weighted by Crippen LogP contribution is -2.40. The van der Waals surface area contributed by atoms with Crippen molar-refractivity contribution >= 4 is 11.9 Å². The monoisotopic (exact) mass is 305 g/mol. The minimum absolute atomic E-state index is 0.0220. The lowest BCUT2D eigenvalue weighted by Gasteiger charge is -2.16. The number of carbonyl (C=O) groups excluding carboxylic acids is 1. The summed E-state index contributed by atoms with van der Waals surface area (Å²) in [6, 6.07) is 6.63. The van der Waals surface area contributed by atoms with Gasteiger partial charge in [-0.1, -0.05) is 31.2 Å². The number of hydrogen-bond donors (Lipinski definition) is 2. The molecule has 0 aliphatic rings. The predicted molar refractivity (Wildman–Crippen MR) is 85.0 cm³/mol. The number of hydrogen-bond acceptors (Lipinski definition) is 3. The molecule has 5 heteroatoms. The topological polar surface area (TPSA) is 75.6 Å². The summed E-state index contributed by atoms with van der Waals surface area (Å²) in [4.78, 5) is 23.1. The summed E-state index contributed by atoms with van der Waals surface area (Å²) in [7, 11) is 1.59. The van der Waals surface area contributed by atoms with Gasteiger partial charge in [-0.05, 0) is 37.0 Å². The van der Waals surface area contributed by atoms with Crippen LogP contribution in [0.3, 0.4) is 0 Å². The molecule has 5 nitrogen and oxygen atoms in total. The number of aliphatic carboxylic acids is 1. The van der Waals surface area contributed by atoms with Gasteiger partial charge in [0.1, 0.15) is 11.8 Å². The van der Waals surface area contributed by atoms with E-state index >= 15 is 0 Å². The summed E-state index contributed by atoms with van der Waals surface area (Å²) in [6.07, 6.45) is 4.00. The first-order valence-electron chi connectivity index (χ1n) is 7.25. The zero-order valence-electron chi connectivity index (χ0n) is 13.2. The molecule has 0 saturated heterocycles. The number of rotatable bonds is 8. The van der Waals surface area contributed by atoms with Crippen LogP contribution >= 0.6 is 0 Å². The second kappa shape index (κ2) is 8.87. The van der Waals surface area contributed by atoms with E-state index in [9.17, 15) is 9.59 Å². The molecule has 0 saturated carbocycles. The van der Waals surface area contributed by atoms with E-state index in [2.05, 4.69) is 5.32 Å². The molecule has 0 radical (unpaired) electrons. The molecule has 1 rings (SSSR count). The van der Waals surface area contributed by atoms with Crippen LogP contribution in [0.5, 0.6) is 5.75 Å². The average molecular weight is 305 g/mol. The standard InChI is InChI=1S/C17H23NO4/c1-4-5-9-15(17(20)21)18-16(19)10-12(2)13-7-6-8-14(11-13)22-3/h4-8,11-12,15H,9-10H2,1-3H3,(H,18,19)(H,20,21)/b5-4+. The van der Waals surface area contributed by atoms with E-state index in [1.807, 2.05) is 38.1 Å². The van der Waals surface area contributed by atoms with Gasteiger partial charge < -0.3 is 15.2 Å². The Morgan fingerprint density at radius 2 is 2.14 bits per heavy atom. The number of methoxy groups -OCH3 is 1. The Labute approximate surface area is 131 Å². The maximum absolute atomic E-state index is 12.0. The SMILES string of the molecule is C/C=C/CC(NC(=O)CC(C)c1cccc(OC)c1)C(=O)O. The highest BCUT2D eigenvalue weighted by Crippen LogP contribution is 2.23. The third-order valence-electron chi connectivity index (χ3n) is 3.40. The number of carboxylic acids is 1. The molecular weight excluding hydrogens is 282 g/mol. The third kappa shape index (κ3) is 5.60. The van der Waals surface area contributed by atoms with Gasteiger partial charge >= 0.3 is 5.97 Å². The minimum Gasteiger partial charge on any atom is -0.497 e. The van der Waals surface area contributed by atoms with Crippen LogP contribution in [0.2, 0.25) is 0 Å². The second-order valence-corrected chi connectivity index (χ2v) is 5.14. The lowest BCUT2D eigenvalue weighted by molar-refractivity contribution is -0.141. The van der Waals surface area contributed by atoms with E-state index in [-0.39, 0.29) is 24.7 Å². The molecular formula is C17H23NO4. The summed E-state index contributed by atoms with van der Waals surface area (Å²) in [5.41, 5.74) is 0.981. The smallest absolute Gasteiger partial charge is 0.326 e. The Morgan fingerprint density at radius 3 is 2.73 bits per heavy atom. The first-order valence-corrected chi connectivity index (χ1v) is 7.25. The van der Waals surface area contributed by atoms with Crippen molar-refractivity contribution in [3.05, 3.63) is 42.0 Å². The average Bonchev–Trinajstić information content (AvgIpc) is 2.51. The van der Waals surface area contributed by atoms with Crippen molar-refractivity contribution < 1.29 is 19.4 Å². The molecule has 0 spiro atoms. The van der Waals surface area contributed by atoms with E-state index in [1.165, 1.54) is 0 Å². The lowest BCUT2D eigenvalue weighted by atomic mass is 9.97. The molecule has 120 valence electrons. The molecule has 2 N–H and O–H groups in total. The van der Waals surface area contributed by atoms with Crippen LogP contribution < -0.4 is 10.1 Å². The summed E-state index contributed by atoms with van der Waals surface area (Å²) < 4.78 is 5.16. The molecule has 1 aromatic rings. The first-order chi connectivity index (χ1) is 10.5. The normalized spacial score (nSPS) is 13.6. The van der Waals surface area contributed by atoms with Gasteiger partial charge in [0.05, 0.1) is 7.11 Å². The van der Waals surface area contributed by atoms with Crippen LogP contribution in [0.15, 0.2) is 36.4 Å². The number of carboxylic acid groups (broad SMARTS) is 1. The molecule has 0 aliphatic heterocycles. The summed E-state index contributed by atoms with van der Waals surface area (Å²) in [6.45, 7) is 3.74. The summed E-state index contributed by atoms with van der Waals surface area (Å²) in [5, 5.41) is 11.7. The molecule has 0 aromatic heterocycles. The zero-order valence-corrected chi connectivity index (χ0v) is 13.2. The van der Waals surface area contributed by atoms with Crippen LogP contribution in [0, 0.1) is 0 Å². The molecule has 1 amide bonds. The van der Waals surface area contributed by atoms with Crippen molar-refractivity contribution in [3.63, 3.8) is 0 Å². The molecule has 2 atom stereocenters. The number of ether oxygens (including phenoxy) is 1. The van der Waals surface area contributed by atoms with Crippen LogP contribution in [-0.2, 0) is 9.59 Å². The maximum Gasteiger partial charge on any atom is 0.326 e. The van der Waals surface area contributed by atoms with Gasteiger partial charge in [-0.25, -0.2) is 4.79 Å². The second-order valence-electron chi connectivity index (χ2n) is 5.14. The number of benzene rings is 1. The van der Waals surface area contributed by atoms with Crippen LogP contribution in [0.4, 0.5) is 0 Å². The number of carbonyl (C=O) groups is 2. The van der Waals surface area contributed by atoms with Gasteiger partial charge in [-0.2, -0.15) is 0 Å². The number of nitrogens with one attached hydrogen (secondary N) is 1. The zero-order chi connectivity index (χ0) is 16.5. The molecule has 1 aromatic carbocycles. The number of allylic oxidation sites excluding steroid dienone is 1. The highest BCUT2D eigenvalue weighted by atomic mass is 16.5. The Balaban J connectivity index is 2.64. The van der Waals surface area contributed by atoms with Gasteiger partial charge in [-0.15, -0.1) is 0 Å². The molecule has 22 heavy (non-hydrogen) atoms. The molecule has 0 heterocycles. The molecule has 2 unspecified atom stereocenters. The summed E-state index contributed by atoms with van der Waals surface area (Å²) >= 11 is 0. The van der Waals surface area contributed by atoms with Crippen LogP contribution in [0.25, 0.3) is 0 Å². The minimum atomic E-state index is -1.03. The van der Waals surface area contributed by atoms with E-state index in [4.69, 9.17) is 9.84 Å². The fourth-order valence-electron chi connectivity index (χ4n) is 2.09. The van der Waals surface area contributed by atoms with Gasteiger partial charge in [0.15, 0.2) is 0 Å². The van der Waals surface area contributed by atoms with Crippen molar-refractivity contribution in [1.29, 1.82) is 0 Å². The molecule has 0 aliphatic carbocycles. The van der Waals surface area contributed by atoms with E-state index < -0.39 is 12.0 Å². The first kappa shape index (κ1) is 17.8. The highest BCUT2D eigenvalue weighted by molar-refractivity contribution is 5.84. The fourth-order valence-corrected chi connectivity index (χ4v) is 2.09. The van der Waals surface area contributed by atoms with Crippen molar-refractivity contribution in [3.8, 4) is 5.75 Å². The van der Waals surface area contributed by atoms with Gasteiger partial charge in [0.2, 0.25) is 5.91 Å². The Bertz CT molecular complexity index is 539. The van der Waals surface area contributed by atoms with E-state index in [0.717, 1.165) is 11.3 Å². The third-order valence-corrected chi connectivity index (χ3v) is 3.40. The van der Waals surface area contributed by atoms with E-state index in [0.29, 0.717) is 0 Å². The van der Waals surface area contributed by atoms with Gasteiger partial charge in [0, 0.05) is 6.42 Å². The van der Waals surface area contributed by atoms with Crippen LogP contribution in [-0.4, -0.2) is 30.1 Å². The van der Waals surface area contributed by atoms with Crippen molar-refractivity contribution in [2.75, 3.05) is 7.11 Å². The Kier molecular flexibility index (Phi) is 7.16. The predicted octanol–water partition coefficient (Wildman–Crippen LogP) is 2.72. The Morgan fingerprint density at radius 1 is 1.41 bits per heavy atom. The van der Waals surface area contributed by atoms with Crippen molar-refractivity contribution in [2.24, 2.45) is 0 Å². The molecule has 0 bridgehead atoms. The quantitative estimate of drug-likeness (QED) is 0.724. The highest BCUT2D eigenvalue weighted by Gasteiger charge is 2.20. The van der Waals surface area contributed by atoms with Gasteiger partial charge in [-0.3, -0.25) is 4.79 Å². The van der Waals surface area contributed by atoms with Crippen molar-refractivity contribution in [1.82, 2.24) is 5.32 Å². The number of amides is 1. The molecule has 0 fully saturated rings. The van der Waals surface area contributed by atoms with Crippen molar-refractivity contribution in [2.45, 2.75) is 38.6 Å².